The maximum atomic E-state index is 11.0. The molecule has 86 valence electrons. The summed E-state index contributed by atoms with van der Waals surface area (Å²) in [5.74, 6) is -0.429. The molecule has 0 amide bonds. The number of carboxylic acid groups (broad SMARTS) is 1. The Morgan fingerprint density at radius 3 is 2.87 bits per heavy atom. The third kappa shape index (κ3) is 4.04. The van der Waals surface area contributed by atoms with Crippen LogP contribution in [-0.2, 0) is 4.79 Å². The van der Waals surface area contributed by atoms with E-state index in [0.717, 1.165) is 38.8 Å². The lowest BCUT2D eigenvalue weighted by molar-refractivity contribution is -0.144. The summed E-state index contributed by atoms with van der Waals surface area (Å²) in [4.78, 5) is 11.0. The van der Waals surface area contributed by atoms with Gasteiger partial charge in [0.05, 0.1) is 5.92 Å². The Bertz CT molecular complexity index is 216. The molecule has 1 aliphatic rings. The van der Waals surface area contributed by atoms with Crippen LogP contribution in [0, 0.1) is 11.8 Å². The Morgan fingerprint density at radius 2 is 2.20 bits per heavy atom. The predicted octanol–water partition coefficient (Wildman–Crippen LogP) is 2.04. The maximum Gasteiger partial charge on any atom is 0.306 e. The lowest BCUT2D eigenvalue weighted by Gasteiger charge is -2.28. The van der Waals surface area contributed by atoms with Crippen molar-refractivity contribution in [2.45, 2.75) is 32.1 Å². The molecule has 1 saturated carbocycles. The van der Waals surface area contributed by atoms with Gasteiger partial charge in [0.2, 0.25) is 0 Å². The van der Waals surface area contributed by atoms with Crippen LogP contribution in [0.25, 0.3) is 0 Å². The van der Waals surface area contributed by atoms with Gasteiger partial charge in [-0.1, -0.05) is 18.9 Å². The molecule has 1 aliphatic carbocycles. The molecule has 1 rings (SSSR count). The van der Waals surface area contributed by atoms with E-state index in [9.17, 15) is 4.79 Å². The van der Waals surface area contributed by atoms with E-state index in [2.05, 4.69) is 11.9 Å². The van der Waals surface area contributed by atoms with Crippen molar-refractivity contribution in [1.82, 2.24) is 5.32 Å². The molecule has 3 nitrogen and oxygen atoms in total. The topological polar surface area (TPSA) is 49.3 Å². The van der Waals surface area contributed by atoms with Crippen LogP contribution in [-0.4, -0.2) is 24.2 Å². The van der Waals surface area contributed by atoms with Gasteiger partial charge >= 0.3 is 5.97 Å². The van der Waals surface area contributed by atoms with Gasteiger partial charge in [-0.2, -0.15) is 0 Å². The van der Waals surface area contributed by atoms with Gasteiger partial charge in [-0.25, -0.2) is 0 Å². The van der Waals surface area contributed by atoms with Gasteiger partial charge < -0.3 is 10.4 Å². The van der Waals surface area contributed by atoms with Gasteiger partial charge in [-0.05, 0) is 38.3 Å². The van der Waals surface area contributed by atoms with Gasteiger partial charge in [-0.3, -0.25) is 4.79 Å². The van der Waals surface area contributed by atoms with Crippen molar-refractivity contribution < 1.29 is 9.90 Å². The van der Waals surface area contributed by atoms with Crippen LogP contribution in [0.1, 0.15) is 32.1 Å². The fourth-order valence-corrected chi connectivity index (χ4v) is 2.27. The van der Waals surface area contributed by atoms with Crippen molar-refractivity contribution in [3.8, 4) is 0 Å². The highest BCUT2D eigenvalue weighted by atomic mass is 16.4. The summed E-state index contributed by atoms with van der Waals surface area (Å²) in [6.45, 7) is 5.40. The van der Waals surface area contributed by atoms with Crippen LogP contribution in [0.2, 0.25) is 0 Å². The summed E-state index contributed by atoms with van der Waals surface area (Å²) in [6, 6.07) is 0. The minimum atomic E-state index is -0.620. The van der Waals surface area contributed by atoms with Crippen LogP contribution in [0.4, 0.5) is 0 Å². The first-order valence-electron chi connectivity index (χ1n) is 5.80. The average Bonchev–Trinajstić information content (AvgIpc) is 2.25. The minimum absolute atomic E-state index is 0.130. The fourth-order valence-electron chi connectivity index (χ4n) is 2.27. The fraction of sp³-hybridized carbons (Fsp3) is 0.750. The van der Waals surface area contributed by atoms with Gasteiger partial charge in [0, 0.05) is 0 Å². The van der Waals surface area contributed by atoms with Crippen molar-refractivity contribution in [2.75, 3.05) is 13.1 Å². The number of hydrogen-bond donors (Lipinski definition) is 2. The van der Waals surface area contributed by atoms with Gasteiger partial charge in [0.25, 0.3) is 0 Å². The molecule has 0 bridgehead atoms. The second kappa shape index (κ2) is 6.62. The normalized spacial score (nSPS) is 26.1. The van der Waals surface area contributed by atoms with Gasteiger partial charge in [-0.15, -0.1) is 6.58 Å². The molecule has 0 heterocycles. The molecule has 0 aromatic carbocycles. The van der Waals surface area contributed by atoms with Crippen molar-refractivity contribution in [3.05, 3.63) is 12.7 Å². The molecule has 0 aromatic rings. The van der Waals surface area contributed by atoms with Crippen molar-refractivity contribution >= 4 is 5.97 Å². The van der Waals surface area contributed by atoms with Crippen LogP contribution in [0.5, 0.6) is 0 Å². The summed E-state index contributed by atoms with van der Waals surface area (Å²) < 4.78 is 0. The summed E-state index contributed by atoms with van der Waals surface area (Å²) >= 11 is 0. The minimum Gasteiger partial charge on any atom is -0.481 e. The maximum absolute atomic E-state index is 11.0. The quantitative estimate of drug-likeness (QED) is 0.522. The first-order valence-corrected chi connectivity index (χ1v) is 5.80. The number of aliphatic carboxylic acids is 1. The molecule has 0 radical (unpaired) electrons. The van der Waals surface area contributed by atoms with Crippen LogP contribution < -0.4 is 5.32 Å². The van der Waals surface area contributed by atoms with Crippen molar-refractivity contribution in [3.63, 3.8) is 0 Å². The Balaban J connectivity index is 2.29. The van der Waals surface area contributed by atoms with E-state index in [1.807, 2.05) is 6.08 Å². The second-order valence-corrected chi connectivity index (χ2v) is 4.27. The summed E-state index contributed by atoms with van der Waals surface area (Å²) in [6.07, 6.45) is 6.98. The van der Waals surface area contributed by atoms with E-state index >= 15 is 0 Å². The Labute approximate surface area is 91.6 Å². The van der Waals surface area contributed by atoms with Crippen molar-refractivity contribution in [1.29, 1.82) is 0 Å². The summed E-state index contributed by atoms with van der Waals surface area (Å²) in [5.41, 5.74) is 0. The molecule has 2 atom stereocenters. The van der Waals surface area contributed by atoms with Crippen LogP contribution in [0.3, 0.4) is 0 Å². The highest BCUT2D eigenvalue weighted by Gasteiger charge is 2.29. The number of hydrogen-bond acceptors (Lipinski definition) is 2. The number of carboxylic acids is 1. The van der Waals surface area contributed by atoms with E-state index in [0.29, 0.717) is 5.92 Å². The zero-order valence-electron chi connectivity index (χ0n) is 9.24. The first kappa shape index (κ1) is 12.2. The smallest absolute Gasteiger partial charge is 0.306 e. The lowest BCUT2D eigenvalue weighted by Crippen LogP contribution is -2.34. The summed E-state index contributed by atoms with van der Waals surface area (Å²) in [5, 5.41) is 12.4. The molecule has 0 saturated heterocycles. The molecule has 0 aliphatic heterocycles. The highest BCUT2D eigenvalue weighted by molar-refractivity contribution is 5.70. The molecule has 15 heavy (non-hydrogen) atoms. The van der Waals surface area contributed by atoms with E-state index < -0.39 is 5.97 Å². The van der Waals surface area contributed by atoms with Gasteiger partial charge in [0.1, 0.15) is 0 Å². The predicted molar refractivity (Wildman–Crippen MR) is 60.8 cm³/mol. The Kier molecular flexibility index (Phi) is 5.40. The second-order valence-electron chi connectivity index (χ2n) is 4.27. The Morgan fingerprint density at radius 1 is 1.47 bits per heavy atom. The zero-order chi connectivity index (χ0) is 11.1. The van der Waals surface area contributed by atoms with Crippen LogP contribution in [0.15, 0.2) is 12.7 Å². The molecule has 0 spiro atoms. The third-order valence-corrected chi connectivity index (χ3v) is 3.16. The molecule has 2 unspecified atom stereocenters. The molecular formula is C12H21NO2. The molecule has 1 fully saturated rings. The SMILES string of the molecule is C=CCCNCC1CCCCC1C(=O)O. The average molecular weight is 211 g/mol. The van der Waals surface area contributed by atoms with Crippen molar-refractivity contribution in [2.24, 2.45) is 11.8 Å². The largest absolute Gasteiger partial charge is 0.481 e. The van der Waals surface area contributed by atoms with E-state index in [1.54, 1.807) is 0 Å². The standard InChI is InChI=1S/C12H21NO2/c1-2-3-8-13-9-10-6-4-5-7-11(10)12(14)15/h2,10-11,13H,1,3-9H2,(H,14,15). The van der Waals surface area contributed by atoms with E-state index in [-0.39, 0.29) is 5.92 Å². The van der Waals surface area contributed by atoms with Gasteiger partial charge in [0.15, 0.2) is 0 Å². The molecule has 0 aromatic heterocycles. The molecular weight excluding hydrogens is 190 g/mol. The summed E-state index contributed by atoms with van der Waals surface area (Å²) in [7, 11) is 0. The monoisotopic (exact) mass is 211 g/mol. The highest BCUT2D eigenvalue weighted by Crippen LogP contribution is 2.29. The van der Waals surface area contributed by atoms with E-state index in [1.165, 1.54) is 6.42 Å². The molecule has 2 N–H and O–H groups in total. The zero-order valence-corrected chi connectivity index (χ0v) is 9.24. The van der Waals surface area contributed by atoms with E-state index in [4.69, 9.17) is 5.11 Å². The first-order chi connectivity index (χ1) is 7.25. The Hall–Kier alpha value is -0.830. The lowest BCUT2D eigenvalue weighted by atomic mass is 9.79. The number of rotatable bonds is 6. The van der Waals surface area contributed by atoms with Crippen LogP contribution >= 0.6 is 0 Å². The number of carbonyl (C=O) groups is 1. The molecule has 3 heteroatoms. The number of nitrogens with one attached hydrogen (secondary N) is 1. The third-order valence-electron chi connectivity index (χ3n) is 3.16.